The first kappa shape index (κ1) is 11.7. The number of halogens is 1. The molecule has 0 bridgehead atoms. The zero-order valence-corrected chi connectivity index (χ0v) is 11.3. The van der Waals surface area contributed by atoms with Gasteiger partial charge in [-0.25, -0.2) is 0 Å². The predicted octanol–water partition coefficient (Wildman–Crippen LogP) is 3.30. The molecule has 0 amide bonds. The van der Waals surface area contributed by atoms with Gasteiger partial charge >= 0.3 is 0 Å². The minimum Gasteiger partial charge on any atom is -0.358 e. The minimum absolute atomic E-state index is 0.925. The molecule has 0 aliphatic carbocycles. The van der Waals surface area contributed by atoms with E-state index in [2.05, 4.69) is 64.1 Å². The molecule has 0 aliphatic heterocycles. The van der Waals surface area contributed by atoms with E-state index in [0.29, 0.717) is 0 Å². The quantitative estimate of drug-likeness (QED) is 0.673. The van der Waals surface area contributed by atoms with Crippen LogP contribution in [0.1, 0.15) is 11.3 Å². The van der Waals surface area contributed by atoms with Crippen molar-refractivity contribution in [1.82, 2.24) is 9.88 Å². The van der Waals surface area contributed by atoms with Crippen LogP contribution in [-0.2, 0) is 6.42 Å². The molecule has 16 heavy (non-hydrogen) atoms. The zero-order valence-electron chi connectivity index (χ0n) is 9.76. The Labute approximate surface area is 105 Å². The van der Waals surface area contributed by atoms with Crippen molar-refractivity contribution >= 4 is 26.8 Å². The fourth-order valence-corrected chi connectivity index (χ4v) is 2.27. The minimum atomic E-state index is 0.925. The number of hydrogen-bond acceptors (Lipinski definition) is 1. The lowest BCUT2D eigenvalue weighted by Gasteiger charge is -2.12. The van der Waals surface area contributed by atoms with Crippen molar-refractivity contribution in [1.29, 1.82) is 0 Å². The number of nitrogens with zero attached hydrogens (tertiary/aromatic N) is 1. The van der Waals surface area contributed by atoms with Crippen LogP contribution in [0.2, 0.25) is 0 Å². The Morgan fingerprint density at radius 3 is 2.81 bits per heavy atom. The zero-order chi connectivity index (χ0) is 11.5. The van der Waals surface area contributed by atoms with E-state index in [1.165, 1.54) is 22.2 Å². The van der Waals surface area contributed by atoms with Crippen molar-refractivity contribution in [2.75, 3.05) is 19.0 Å². The van der Waals surface area contributed by atoms with Gasteiger partial charge in [0, 0.05) is 23.1 Å². The number of H-pyrrole nitrogens is 1. The standard InChI is InChI=1S/C13H17BrN2/c1-10-11(7-8-16(2)9-14)12-5-3-4-6-13(12)15-10/h3-6,15H,7-9H2,1-2H3. The SMILES string of the molecule is Cc1[nH]c2ccccc2c1CCN(C)CBr. The van der Waals surface area contributed by atoms with Gasteiger partial charge < -0.3 is 4.98 Å². The summed E-state index contributed by atoms with van der Waals surface area (Å²) in [4.78, 5) is 5.70. The summed E-state index contributed by atoms with van der Waals surface area (Å²) in [5.74, 6) is 0. The van der Waals surface area contributed by atoms with Gasteiger partial charge in [0.05, 0.1) is 5.45 Å². The molecule has 2 aromatic rings. The van der Waals surface area contributed by atoms with Crippen LogP contribution in [0, 0.1) is 6.92 Å². The largest absolute Gasteiger partial charge is 0.358 e. The molecule has 2 rings (SSSR count). The molecule has 1 aromatic heterocycles. The summed E-state index contributed by atoms with van der Waals surface area (Å²) in [5.41, 5.74) is 4.91. The molecule has 0 saturated heterocycles. The van der Waals surface area contributed by atoms with E-state index >= 15 is 0 Å². The van der Waals surface area contributed by atoms with Crippen LogP contribution in [0.15, 0.2) is 24.3 Å². The van der Waals surface area contributed by atoms with Crippen LogP contribution in [0.5, 0.6) is 0 Å². The van der Waals surface area contributed by atoms with Crippen molar-refractivity contribution in [3.8, 4) is 0 Å². The van der Waals surface area contributed by atoms with Crippen molar-refractivity contribution in [3.63, 3.8) is 0 Å². The molecule has 1 aromatic carbocycles. The van der Waals surface area contributed by atoms with E-state index in [1.54, 1.807) is 0 Å². The first-order valence-corrected chi connectivity index (χ1v) is 6.65. The maximum atomic E-state index is 3.47. The van der Waals surface area contributed by atoms with E-state index in [-0.39, 0.29) is 0 Å². The molecule has 1 heterocycles. The second-order valence-electron chi connectivity index (χ2n) is 4.22. The number of hydrogen-bond donors (Lipinski definition) is 1. The predicted molar refractivity (Wildman–Crippen MR) is 73.2 cm³/mol. The molecular formula is C13H17BrN2. The van der Waals surface area contributed by atoms with Crippen LogP contribution in [-0.4, -0.2) is 28.9 Å². The third kappa shape index (κ3) is 2.30. The van der Waals surface area contributed by atoms with Gasteiger partial charge in [-0.05, 0) is 32.0 Å². The van der Waals surface area contributed by atoms with Crippen molar-refractivity contribution in [2.24, 2.45) is 0 Å². The summed E-state index contributed by atoms with van der Waals surface area (Å²) in [7, 11) is 2.12. The van der Waals surface area contributed by atoms with Gasteiger partial charge in [0.15, 0.2) is 0 Å². The highest BCUT2D eigenvalue weighted by atomic mass is 79.9. The normalized spacial score (nSPS) is 11.5. The summed E-state index contributed by atoms with van der Waals surface area (Å²) in [5, 5.41) is 1.36. The van der Waals surface area contributed by atoms with Crippen molar-refractivity contribution < 1.29 is 0 Å². The fourth-order valence-electron chi connectivity index (χ4n) is 2.02. The Kier molecular flexibility index (Phi) is 3.66. The van der Waals surface area contributed by atoms with Crippen LogP contribution >= 0.6 is 15.9 Å². The van der Waals surface area contributed by atoms with Gasteiger partial charge in [-0.15, -0.1) is 0 Å². The summed E-state index contributed by atoms with van der Waals surface area (Å²) >= 11 is 3.47. The Morgan fingerprint density at radius 1 is 1.31 bits per heavy atom. The number of aromatic nitrogens is 1. The molecule has 1 N–H and O–H groups in total. The number of likely N-dealkylation sites (N-methyl/N-ethyl adjacent to an activating group) is 1. The van der Waals surface area contributed by atoms with E-state index in [4.69, 9.17) is 0 Å². The number of benzene rings is 1. The van der Waals surface area contributed by atoms with E-state index in [1.807, 2.05) is 0 Å². The lowest BCUT2D eigenvalue weighted by atomic mass is 10.1. The molecule has 0 saturated carbocycles. The van der Waals surface area contributed by atoms with Crippen LogP contribution in [0.25, 0.3) is 10.9 Å². The second-order valence-corrected chi connectivity index (χ2v) is 4.72. The maximum absolute atomic E-state index is 3.47. The average Bonchev–Trinajstić information content (AvgIpc) is 2.62. The Morgan fingerprint density at radius 2 is 2.06 bits per heavy atom. The first-order valence-electron chi connectivity index (χ1n) is 5.53. The number of nitrogens with one attached hydrogen (secondary N) is 1. The van der Waals surface area contributed by atoms with Gasteiger partial charge in [0.25, 0.3) is 0 Å². The topological polar surface area (TPSA) is 19.0 Å². The Hall–Kier alpha value is -0.800. The lowest BCUT2D eigenvalue weighted by Crippen LogP contribution is -2.19. The van der Waals surface area contributed by atoms with Crippen molar-refractivity contribution in [2.45, 2.75) is 13.3 Å². The van der Waals surface area contributed by atoms with Crippen LogP contribution in [0.4, 0.5) is 0 Å². The summed E-state index contributed by atoms with van der Waals surface area (Å²) in [6.07, 6.45) is 1.10. The van der Waals surface area contributed by atoms with Crippen LogP contribution in [0.3, 0.4) is 0 Å². The number of aromatic amines is 1. The average molecular weight is 281 g/mol. The van der Waals surface area contributed by atoms with E-state index in [9.17, 15) is 0 Å². The lowest BCUT2D eigenvalue weighted by molar-refractivity contribution is 0.401. The first-order chi connectivity index (χ1) is 7.72. The molecule has 0 unspecified atom stereocenters. The van der Waals surface area contributed by atoms with Gasteiger partial charge in [-0.2, -0.15) is 0 Å². The van der Waals surface area contributed by atoms with Crippen LogP contribution < -0.4 is 0 Å². The molecule has 0 spiro atoms. The third-order valence-electron chi connectivity index (χ3n) is 2.97. The molecule has 86 valence electrons. The smallest absolute Gasteiger partial charge is 0.0539 e. The third-order valence-corrected chi connectivity index (χ3v) is 3.83. The molecule has 0 aliphatic rings. The molecular weight excluding hydrogens is 264 g/mol. The molecule has 2 nitrogen and oxygen atoms in total. The highest BCUT2D eigenvalue weighted by Crippen LogP contribution is 2.22. The molecule has 0 fully saturated rings. The summed E-state index contributed by atoms with van der Waals surface area (Å²) in [6.45, 7) is 3.23. The van der Waals surface area contributed by atoms with Gasteiger partial charge in [0.2, 0.25) is 0 Å². The maximum Gasteiger partial charge on any atom is 0.0539 e. The highest BCUT2D eigenvalue weighted by Gasteiger charge is 2.08. The number of fused-ring (bicyclic) bond motifs is 1. The van der Waals surface area contributed by atoms with E-state index in [0.717, 1.165) is 18.4 Å². The van der Waals surface area contributed by atoms with E-state index < -0.39 is 0 Å². The van der Waals surface area contributed by atoms with Gasteiger partial charge in [-0.3, -0.25) is 4.90 Å². The summed E-state index contributed by atoms with van der Waals surface area (Å²) < 4.78 is 0. The van der Waals surface area contributed by atoms with Gasteiger partial charge in [0.1, 0.15) is 0 Å². The highest BCUT2D eigenvalue weighted by molar-refractivity contribution is 9.09. The molecule has 0 radical (unpaired) electrons. The number of para-hydroxylation sites is 1. The Bertz CT molecular complexity index is 476. The number of aryl methyl sites for hydroxylation is 1. The second kappa shape index (κ2) is 5.02. The fraction of sp³-hybridized carbons (Fsp3) is 0.385. The Balaban J connectivity index is 2.26. The summed E-state index contributed by atoms with van der Waals surface area (Å²) in [6, 6.07) is 8.52. The monoisotopic (exact) mass is 280 g/mol. The van der Waals surface area contributed by atoms with Gasteiger partial charge in [-0.1, -0.05) is 34.1 Å². The number of rotatable bonds is 4. The molecule has 0 atom stereocenters. The number of alkyl halides is 1. The van der Waals surface area contributed by atoms with Crippen molar-refractivity contribution in [3.05, 3.63) is 35.5 Å². The molecule has 3 heteroatoms.